The molecule has 0 atom stereocenters. The molecule has 0 aliphatic carbocycles. The molecular formula is C23H26N4O4S. The van der Waals surface area contributed by atoms with Gasteiger partial charge in [0.2, 0.25) is 15.9 Å². The standard InChI is InChI=1S/C23H26N4O4S/c1-2-12-25-22(28)19-4-3-5-20(15-19)26-23(29)18-10-13-27(14-11-18)32(30,31)21-8-6-17(16-24)7-9-21/h3-9,15,18H,2,10-14H2,1H3,(H,25,28)(H,26,29). The molecule has 1 saturated heterocycles. The molecule has 2 aromatic carbocycles. The van der Waals surface area contributed by atoms with Gasteiger partial charge in [-0.25, -0.2) is 8.42 Å². The smallest absolute Gasteiger partial charge is 0.251 e. The van der Waals surface area contributed by atoms with E-state index in [0.29, 0.717) is 36.2 Å². The number of carbonyl (C=O) groups is 2. The lowest BCUT2D eigenvalue weighted by Gasteiger charge is -2.30. The molecule has 1 heterocycles. The summed E-state index contributed by atoms with van der Waals surface area (Å²) < 4.78 is 27.0. The lowest BCUT2D eigenvalue weighted by Crippen LogP contribution is -2.41. The summed E-state index contributed by atoms with van der Waals surface area (Å²) in [4.78, 5) is 25.0. The van der Waals surface area contributed by atoms with Crippen LogP contribution in [0, 0.1) is 17.2 Å². The van der Waals surface area contributed by atoms with Crippen LogP contribution in [0.15, 0.2) is 53.4 Å². The highest BCUT2D eigenvalue weighted by Gasteiger charge is 2.32. The number of piperidine rings is 1. The zero-order chi connectivity index (χ0) is 23.1. The maximum Gasteiger partial charge on any atom is 0.251 e. The van der Waals surface area contributed by atoms with Crippen LogP contribution in [-0.2, 0) is 14.8 Å². The largest absolute Gasteiger partial charge is 0.352 e. The molecule has 0 unspecified atom stereocenters. The summed E-state index contributed by atoms with van der Waals surface area (Å²) in [5, 5.41) is 14.5. The lowest BCUT2D eigenvalue weighted by atomic mass is 9.97. The van der Waals surface area contributed by atoms with E-state index in [4.69, 9.17) is 5.26 Å². The monoisotopic (exact) mass is 454 g/mol. The first-order chi connectivity index (χ1) is 15.3. The van der Waals surface area contributed by atoms with E-state index >= 15 is 0 Å². The highest BCUT2D eigenvalue weighted by atomic mass is 32.2. The highest BCUT2D eigenvalue weighted by Crippen LogP contribution is 2.25. The van der Waals surface area contributed by atoms with Gasteiger partial charge in [0, 0.05) is 36.8 Å². The van der Waals surface area contributed by atoms with Crippen LogP contribution >= 0.6 is 0 Å². The Bertz CT molecular complexity index is 1120. The molecule has 168 valence electrons. The van der Waals surface area contributed by atoms with Crippen molar-refractivity contribution in [2.24, 2.45) is 5.92 Å². The minimum atomic E-state index is -3.67. The molecule has 1 fully saturated rings. The number of nitrogens with zero attached hydrogens (tertiary/aromatic N) is 2. The Balaban J connectivity index is 1.58. The number of nitrogens with one attached hydrogen (secondary N) is 2. The molecule has 2 aromatic rings. The van der Waals surface area contributed by atoms with E-state index in [9.17, 15) is 18.0 Å². The first-order valence-corrected chi connectivity index (χ1v) is 12.0. The molecule has 0 spiro atoms. The second-order valence-corrected chi connectivity index (χ2v) is 9.58. The molecule has 2 N–H and O–H groups in total. The normalized spacial score (nSPS) is 15.0. The topological polar surface area (TPSA) is 119 Å². The van der Waals surface area contributed by atoms with E-state index in [0.717, 1.165) is 6.42 Å². The number of sulfonamides is 1. The number of rotatable bonds is 7. The van der Waals surface area contributed by atoms with Crippen LogP contribution < -0.4 is 10.6 Å². The van der Waals surface area contributed by atoms with Crippen molar-refractivity contribution in [3.63, 3.8) is 0 Å². The van der Waals surface area contributed by atoms with Gasteiger partial charge in [-0.05, 0) is 61.7 Å². The number of nitriles is 1. The summed E-state index contributed by atoms with van der Waals surface area (Å²) in [6.45, 7) is 3.02. The van der Waals surface area contributed by atoms with Crippen molar-refractivity contribution in [1.82, 2.24) is 9.62 Å². The Hall–Kier alpha value is -3.22. The van der Waals surface area contributed by atoms with E-state index < -0.39 is 10.0 Å². The van der Waals surface area contributed by atoms with Crippen molar-refractivity contribution in [1.29, 1.82) is 5.26 Å². The summed E-state index contributed by atoms with van der Waals surface area (Å²) in [6.07, 6.45) is 1.64. The van der Waals surface area contributed by atoms with Crippen LogP contribution in [0.1, 0.15) is 42.1 Å². The minimum absolute atomic E-state index is 0.137. The predicted molar refractivity (Wildman–Crippen MR) is 120 cm³/mol. The van der Waals surface area contributed by atoms with Gasteiger partial charge in [0.15, 0.2) is 0 Å². The first kappa shape index (κ1) is 23.4. The predicted octanol–water partition coefficient (Wildman–Crippen LogP) is 2.74. The van der Waals surface area contributed by atoms with Crippen LogP contribution in [-0.4, -0.2) is 44.2 Å². The average Bonchev–Trinajstić information content (AvgIpc) is 2.82. The first-order valence-electron chi connectivity index (χ1n) is 10.5. The van der Waals surface area contributed by atoms with Gasteiger partial charge in [-0.3, -0.25) is 9.59 Å². The van der Waals surface area contributed by atoms with Crippen LogP contribution in [0.2, 0.25) is 0 Å². The summed E-state index contributed by atoms with van der Waals surface area (Å²) in [5.74, 6) is -0.698. The molecule has 8 nitrogen and oxygen atoms in total. The molecule has 1 aliphatic rings. The van der Waals surface area contributed by atoms with Gasteiger partial charge < -0.3 is 10.6 Å². The minimum Gasteiger partial charge on any atom is -0.352 e. The van der Waals surface area contributed by atoms with Crippen LogP contribution in [0.5, 0.6) is 0 Å². The fourth-order valence-electron chi connectivity index (χ4n) is 3.53. The Labute approximate surface area is 188 Å². The van der Waals surface area contributed by atoms with Crippen molar-refractivity contribution in [3.05, 3.63) is 59.7 Å². The number of hydrogen-bond donors (Lipinski definition) is 2. The summed E-state index contributed by atoms with van der Waals surface area (Å²) in [6, 6.07) is 14.5. The Morgan fingerprint density at radius 1 is 1.12 bits per heavy atom. The molecule has 1 aliphatic heterocycles. The van der Waals surface area contributed by atoms with Crippen LogP contribution in [0.4, 0.5) is 5.69 Å². The highest BCUT2D eigenvalue weighted by molar-refractivity contribution is 7.89. The average molecular weight is 455 g/mol. The maximum atomic E-state index is 12.8. The third-order valence-corrected chi connectivity index (χ3v) is 7.29. The molecule has 2 amide bonds. The number of benzene rings is 2. The van der Waals surface area contributed by atoms with Crippen molar-refractivity contribution in [3.8, 4) is 6.07 Å². The SMILES string of the molecule is CCCNC(=O)c1cccc(NC(=O)C2CCN(S(=O)(=O)c3ccc(C#N)cc3)CC2)c1. The maximum absolute atomic E-state index is 12.8. The fraction of sp³-hybridized carbons (Fsp3) is 0.348. The molecule has 0 radical (unpaired) electrons. The van der Waals surface area contributed by atoms with Crippen molar-refractivity contribution < 1.29 is 18.0 Å². The van der Waals surface area contributed by atoms with E-state index in [-0.39, 0.29) is 35.7 Å². The van der Waals surface area contributed by atoms with Gasteiger partial charge in [-0.1, -0.05) is 13.0 Å². The van der Waals surface area contributed by atoms with Gasteiger partial charge in [0.1, 0.15) is 0 Å². The number of anilines is 1. The van der Waals surface area contributed by atoms with E-state index in [1.165, 1.54) is 28.6 Å². The van der Waals surface area contributed by atoms with E-state index in [1.54, 1.807) is 24.3 Å². The number of hydrogen-bond acceptors (Lipinski definition) is 5. The Morgan fingerprint density at radius 2 is 1.81 bits per heavy atom. The second kappa shape index (κ2) is 10.4. The van der Waals surface area contributed by atoms with E-state index in [2.05, 4.69) is 10.6 Å². The zero-order valence-electron chi connectivity index (χ0n) is 17.9. The van der Waals surface area contributed by atoms with Crippen molar-refractivity contribution >= 4 is 27.5 Å². The zero-order valence-corrected chi connectivity index (χ0v) is 18.7. The molecule has 0 aromatic heterocycles. The van der Waals surface area contributed by atoms with Crippen molar-refractivity contribution in [2.75, 3.05) is 25.0 Å². The molecule has 32 heavy (non-hydrogen) atoms. The molecule has 0 saturated carbocycles. The van der Waals surface area contributed by atoms with E-state index in [1.807, 2.05) is 13.0 Å². The van der Waals surface area contributed by atoms with Crippen molar-refractivity contribution in [2.45, 2.75) is 31.1 Å². The molecule has 9 heteroatoms. The van der Waals surface area contributed by atoms with Gasteiger partial charge in [-0.15, -0.1) is 0 Å². The lowest BCUT2D eigenvalue weighted by molar-refractivity contribution is -0.120. The van der Waals surface area contributed by atoms with Gasteiger partial charge >= 0.3 is 0 Å². The number of carbonyl (C=O) groups excluding carboxylic acids is 2. The third kappa shape index (κ3) is 5.52. The Kier molecular flexibility index (Phi) is 7.62. The number of amides is 2. The third-order valence-electron chi connectivity index (χ3n) is 5.37. The molecule has 3 rings (SSSR count). The van der Waals surface area contributed by atoms with Crippen LogP contribution in [0.3, 0.4) is 0 Å². The summed E-state index contributed by atoms with van der Waals surface area (Å²) in [7, 11) is -3.67. The van der Waals surface area contributed by atoms with Gasteiger partial charge in [0.25, 0.3) is 5.91 Å². The van der Waals surface area contributed by atoms with Gasteiger partial charge in [-0.2, -0.15) is 9.57 Å². The molecule has 0 bridgehead atoms. The quantitative estimate of drug-likeness (QED) is 0.667. The summed E-state index contributed by atoms with van der Waals surface area (Å²) >= 11 is 0. The van der Waals surface area contributed by atoms with Crippen LogP contribution in [0.25, 0.3) is 0 Å². The molecular weight excluding hydrogens is 428 g/mol. The second-order valence-electron chi connectivity index (χ2n) is 7.64. The summed E-state index contributed by atoms with van der Waals surface area (Å²) in [5.41, 5.74) is 1.40. The van der Waals surface area contributed by atoms with Gasteiger partial charge in [0.05, 0.1) is 16.5 Å². The Morgan fingerprint density at radius 3 is 2.44 bits per heavy atom. The fourth-order valence-corrected chi connectivity index (χ4v) is 5.00.